The molecule has 1 aromatic heterocycles. The van der Waals surface area contributed by atoms with Gasteiger partial charge in [-0.2, -0.15) is 4.39 Å². The number of carbonyl (C=O) groups is 1. The molecule has 2 aromatic rings. The zero-order chi connectivity index (χ0) is 25.4. The van der Waals surface area contributed by atoms with Gasteiger partial charge in [0.25, 0.3) is 0 Å². The van der Waals surface area contributed by atoms with Crippen molar-refractivity contribution in [3.05, 3.63) is 39.5 Å². The Kier molecular flexibility index (Phi) is 10.2. The van der Waals surface area contributed by atoms with E-state index in [-0.39, 0.29) is 41.0 Å². The van der Waals surface area contributed by atoms with Crippen LogP contribution in [-0.2, 0) is 22.5 Å². The smallest absolute Gasteiger partial charge is 0.310 e. The van der Waals surface area contributed by atoms with Crippen LogP contribution in [0.1, 0.15) is 44.7 Å². The molecule has 0 atom stereocenters. The predicted octanol–water partition coefficient (Wildman–Crippen LogP) is 4.58. The molecule has 1 aromatic carbocycles. The van der Waals surface area contributed by atoms with Crippen molar-refractivity contribution in [2.75, 3.05) is 37.8 Å². The molecule has 0 saturated carbocycles. The minimum Gasteiger partial charge on any atom is -0.491 e. The third-order valence-corrected chi connectivity index (χ3v) is 6.06. The minimum absolute atomic E-state index is 0.0272. The Morgan fingerprint density at radius 2 is 1.71 bits per heavy atom. The lowest BCUT2D eigenvalue weighted by Gasteiger charge is -2.37. The number of piperidine rings is 1. The highest BCUT2D eigenvalue weighted by molar-refractivity contribution is 6.32. The molecule has 35 heavy (non-hydrogen) atoms. The summed E-state index contributed by atoms with van der Waals surface area (Å²) < 4.78 is 31.0. The molecule has 3 rings (SSSR count). The Bertz CT molecular complexity index is 994. The molecule has 192 valence electrons. The normalized spacial score (nSPS) is 14.0. The molecule has 0 unspecified atom stereocenters. The van der Waals surface area contributed by atoms with Crippen LogP contribution < -0.4 is 19.7 Å². The summed E-state index contributed by atoms with van der Waals surface area (Å²) in [5, 5.41) is 3.42. The second-order valence-electron chi connectivity index (χ2n) is 7.95. The van der Waals surface area contributed by atoms with Gasteiger partial charge >= 0.3 is 5.97 Å². The zero-order valence-electron chi connectivity index (χ0n) is 20.2. The van der Waals surface area contributed by atoms with Gasteiger partial charge in [0.05, 0.1) is 26.2 Å². The summed E-state index contributed by atoms with van der Waals surface area (Å²) in [7, 11) is 0. The number of nitrogens with zero attached hydrogens (tertiary/aromatic N) is 3. The van der Waals surface area contributed by atoms with Crippen molar-refractivity contribution >= 4 is 35.0 Å². The highest BCUT2D eigenvalue weighted by atomic mass is 35.5. The lowest BCUT2D eigenvalue weighted by molar-refractivity contribution is -0.142. The van der Waals surface area contributed by atoms with Gasteiger partial charge in [0.1, 0.15) is 11.0 Å². The van der Waals surface area contributed by atoms with Crippen molar-refractivity contribution in [1.29, 1.82) is 0 Å². The van der Waals surface area contributed by atoms with Gasteiger partial charge in [-0.1, -0.05) is 11.6 Å². The van der Waals surface area contributed by atoms with E-state index in [1.54, 1.807) is 32.9 Å². The van der Waals surface area contributed by atoms with Crippen LogP contribution in [0, 0.1) is 5.82 Å². The molecule has 0 amide bonds. The average molecular weight is 529 g/mol. The number of rotatable bonds is 11. The van der Waals surface area contributed by atoms with Crippen molar-refractivity contribution in [3.63, 3.8) is 0 Å². The highest BCUT2D eigenvalue weighted by Gasteiger charge is 2.28. The lowest BCUT2D eigenvalue weighted by atomic mass is 10.0. The van der Waals surface area contributed by atoms with Gasteiger partial charge in [0.2, 0.25) is 11.1 Å². The minimum atomic E-state index is -0.540. The molecular formula is C24H31Cl2FN4O4. The van der Waals surface area contributed by atoms with E-state index in [4.69, 9.17) is 37.4 Å². The second kappa shape index (κ2) is 13.1. The topological polar surface area (TPSA) is 85.8 Å². The van der Waals surface area contributed by atoms with E-state index in [9.17, 15) is 9.18 Å². The first-order valence-corrected chi connectivity index (χ1v) is 12.6. The number of benzene rings is 1. The van der Waals surface area contributed by atoms with Gasteiger partial charge in [-0.25, -0.2) is 9.97 Å². The number of halogens is 3. The van der Waals surface area contributed by atoms with Crippen molar-refractivity contribution in [2.24, 2.45) is 0 Å². The van der Waals surface area contributed by atoms with Crippen molar-refractivity contribution < 1.29 is 23.4 Å². The van der Waals surface area contributed by atoms with E-state index < -0.39 is 11.8 Å². The molecule has 1 aliphatic heterocycles. The Labute approximate surface area is 215 Å². The summed E-state index contributed by atoms with van der Waals surface area (Å²) in [5.41, 5.74) is 1.19. The third-order valence-electron chi connectivity index (χ3n) is 5.57. The molecule has 11 heteroatoms. The van der Waals surface area contributed by atoms with Crippen molar-refractivity contribution in [3.8, 4) is 11.5 Å². The first-order valence-electron chi connectivity index (χ1n) is 11.8. The zero-order valence-corrected chi connectivity index (χ0v) is 21.7. The van der Waals surface area contributed by atoms with Crippen LogP contribution in [0.15, 0.2) is 12.1 Å². The van der Waals surface area contributed by atoms with Crippen LogP contribution >= 0.6 is 23.2 Å². The van der Waals surface area contributed by atoms with Gasteiger partial charge in [-0.3, -0.25) is 4.79 Å². The monoisotopic (exact) mass is 528 g/mol. The molecule has 0 aliphatic carbocycles. The second-order valence-corrected chi connectivity index (χ2v) is 8.64. The van der Waals surface area contributed by atoms with Crippen LogP contribution in [0.4, 0.5) is 10.2 Å². The van der Waals surface area contributed by atoms with Gasteiger partial charge in [0, 0.05) is 18.2 Å². The Balaban J connectivity index is 2.08. The number of esters is 1. The molecule has 1 aliphatic rings. The van der Waals surface area contributed by atoms with Gasteiger partial charge in [0.15, 0.2) is 11.5 Å². The standard InChI is InChI=1S/C24H31Cl2FN4O4/c1-4-33-18-11-15(12-19(21(18)27)34-5-2)14-31(16-7-9-28-10-8-16)23-17(13-20(32)35-6-3)22(25)29-24(26)30-23/h11-12,16,28H,4-10,13-14H2,1-3H3. The van der Waals surface area contributed by atoms with Gasteiger partial charge in [-0.15, -0.1) is 0 Å². The Morgan fingerprint density at radius 3 is 2.29 bits per heavy atom. The first-order chi connectivity index (χ1) is 16.9. The van der Waals surface area contributed by atoms with Crippen molar-refractivity contribution in [1.82, 2.24) is 15.3 Å². The number of hydrogen-bond acceptors (Lipinski definition) is 8. The first kappa shape index (κ1) is 27.2. The number of anilines is 1. The van der Waals surface area contributed by atoms with E-state index in [0.717, 1.165) is 31.5 Å². The maximum atomic E-state index is 14.8. The van der Waals surface area contributed by atoms with E-state index in [1.165, 1.54) is 0 Å². The maximum absolute atomic E-state index is 14.8. The van der Waals surface area contributed by atoms with Crippen LogP contribution in [0.25, 0.3) is 0 Å². The number of hydrogen-bond donors (Lipinski definition) is 1. The number of aromatic nitrogens is 2. The summed E-state index contributed by atoms with van der Waals surface area (Å²) in [6.45, 7) is 8.16. The lowest BCUT2D eigenvalue weighted by Crippen LogP contribution is -2.44. The quantitative estimate of drug-likeness (QED) is 0.257. The molecule has 1 saturated heterocycles. The fraction of sp³-hybridized carbons (Fsp3) is 0.542. The largest absolute Gasteiger partial charge is 0.491 e. The summed E-state index contributed by atoms with van der Waals surface area (Å²) in [6.07, 6.45) is 1.56. The number of carbonyl (C=O) groups excluding carboxylic acids is 1. The highest BCUT2D eigenvalue weighted by Crippen LogP contribution is 2.34. The Hall–Kier alpha value is -2.36. The Morgan fingerprint density at radius 1 is 1.09 bits per heavy atom. The van der Waals surface area contributed by atoms with Crippen LogP contribution in [0.5, 0.6) is 11.5 Å². The van der Waals surface area contributed by atoms with E-state index >= 15 is 0 Å². The molecule has 1 fully saturated rings. The van der Waals surface area contributed by atoms with E-state index in [2.05, 4.69) is 15.3 Å². The molecular weight excluding hydrogens is 498 g/mol. The molecule has 0 spiro atoms. The SMILES string of the molecule is CCOC(=O)Cc1c(Cl)nc(Cl)nc1N(Cc1cc(OCC)c(F)c(OCC)c1)C1CCNCC1. The average Bonchev–Trinajstić information content (AvgIpc) is 2.83. The van der Waals surface area contributed by atoms with E-state index in [1.807, 2.05) is 4.90 Å². The summed E-state index contributed by atoms with van der Waals surface area (Å²) in [5.74, 6) is -0.295. The van der Waals surface area contributed by atoms with Crippen molar-refractivity contribution in [2.45, 2.75) is 52.6 Å². The number of ether oxygens (including phenoxy) is 3. The molecule has 8 nitrogen and oxygen atoms in total. The summed E-state index contributed by atoms with van der Waals surface area (Å²) >= 11 is 12.7. The summed E-state index contributed by atoms with van der Waals surface area (Å²) in [4.78, 5) is 22.9. The van der Waals surface area contributed by atoms with Gasteiger partial charge < -0.3 is 24.4 Å². The summed E-state index contributed by atoms with van der Waals surface area (Å²) in [6, 6.07) is 3.38. The van der Waals surface area contributed by atoms with Crippen LogP contribution in [-0.4, -0.2) is 54.9 Å². The molecule has 0 radical (unpaired) electrons. The van der Waals surface area contributed by atoms with E-state index in [0.29, 0.717) is 31.1 Å². The molecule has 1 N–H and O–H groups in total. The van der Waals surface area contributed by atoms with Crippen LogP contribution in [0.3, 0.4) is 0 Å². The molecule has 0 bridgehead atoms. The predicted molar refractivity (Wildman–Crippen MR) is 133 cm³/mol. The van der Waals surface area contributed by atoms with Gasteiger partial charge in [-0.05, 0) is 76.0 Å². The maximum Gasteiger partial charge on any atom is 0.310 e. The molecule has 2 heterocycles. The third kappa shape index (κ3) is 7.08. The fourth-order valence-electron chi connectivity index (χ4n) is 4.10. The number of nitrogens with one attached hydrogen (secondary N) is 1. The fourth-order valence-corrected chi connectivity index (χ4v) is 4.54. The van der Waals surface area contributed by atoms with Crippen LogP contribution in [0.2, 0.25) is 10.4 Å².